The van der Waals surface area contributed by atoms with Crippen LogP contribution in [-0.4, -0.2) is 30.7 Å². The van der Waals surface area contributed by atoms with E-state index < -0.39 is 0 Å². The summed E-state index contributed by atoms with van der Waals surface area (Å²) >= 11 is 1.51. The molecule has 3 rings (SSSR count). The van der Waals surface area contributed by atoms with Crippen molar-refractivity contribution in [2.24, 2.45) is 5.10 Å². The summed E-state index contributed by atoms with van der Waals surface area (Å²) in [6.07, 6.45) is 0.353. The number of thiophene rings is 1. The van der Waals surface area contributed by atoms with Crippen molar-refractivity contribution >= 4 is 34.6 Å². The Balaban J connectivity index is 1.48. The van der Waals surface area contributed by atoms with E-state index in [9.17, 15) is 9.59 Å². The molecule has 136 valence electrons. The highest BCUT2D eigenvalue weighted by Crippen LogP contribution is 2.32. The first-order chi connectivity index (χ1) is 12.6. The number of nitrogens with one attached hydrogen (secondary N) is 2. The summed E-state index contributed by atoms with van der Waals surface area (Å²) in [5.41, 5.74) is 3.60. The molecule has 0 spiro atoms. The molecule has 2 N–H and O–H groups in total. The van der Waals surface area contributed by atoms with E-state index in [4.69, 9.17) is 9.47 Å². The van der Waals surface area contributed by atoms with Crippen LogP contribution in [0.15, 0.2) is 40.8 Å². The summed E-state index contributed by atoms with van der Waals surface area (Å²) in [5.74, 6) is 0.843. The Morgan fingerprint density at radius 3 is 2.73 bits per heavy atom. The monoisotopic (exact) mass is 373 g/mol. The van der Waals surface area contributed by atoms with Crippen LogP contribution in [-0.2, 0) is 16.0 Å². The largest absolute Gasteiger partial charge is 0.486 e. The van der Waals surface area contributed by atoms with Gasteiger partial charge >= 0.3 is 0 Å². The van der Waals surface area contributed by atoms with Crippen LogP contribution < -0.4 is 20.2 Å². The second kappa shape index (κ2) is 8.48. The number of anilines is 1. The SMILES string of the molecule is C/C(CC(=O)Nc1ccc2c(c1)OCCO2)=N/NC(=O)Cc1cccs1. The van der Waals surface area contributed by atoms with Crippen molar-refractivity contribution < 1.29 is 19.1 Å². The number of hydrazone groups is 1. The highest BCUT2D eigenvalue weighted by Gasteiger charge is 2.13. The van der Waals surface area contributed by atoms with Gasteiger partial charge in [-0.2, -0.15) is 5.10 Å². The van der Waals surface area contributed by atoms with Gasteiger partial charge in [-0.15, -0.1) is 11.3 Å². The Bertz CT molecular complexity index is 818. The number of benzene rings is 1. The molecular formula is C18H19N3O4S. The van der Waals surface area contributed by atoms with Gasteiger partial charge in [-0.3, -0.25) is 9.59 Å². The molecule has 0 saturated heterocycles. The topological polar surface area (TPSA) is 89.0 Å². The van der Waals surface area contributed by atoms with Crippen molar-refractivity contribution in [2.45, 2.75) is 19.8 Å². The normalized spacial score (nSPS) is 13.2. The van der Waals surface area contributed by atoms with Gasteiger partial charge < -0.3 is 14.8 Å². The summed E-state index contributed by atoms with van der Waals surface area (Å²) < 4.78 is 10.9. The minimum atomic E-state index is -0.226. The number of ether oxygens (including phenoxy) is 2. The molecule has 1 aromatic heterocycles. The molecule has 8 heteroatoms. The first-order valence-corrected chi connectivity index (χ1v) is 9.02. The highest BCUT2D eigenvalue weighted by atomic mass is 32.1. The zero-order valence-electron chi connectivity index (χ0n) is 14.3. The third kappa shape index (κ3) is 5.06. The Labute approximate surface area is 155 Å². The fourth-order valence-electron chi connectivity index (χ4n) is 2.37. The van der Waals surface area contributed by atoms with E-state index in [2.05, 4.69) is 15.8 Å². The van der Waals surface area contributed by atoms with Gasteiger partial charge in [0.1, 0.15) is 13.2 Å². The molecule has 2 heterocycles. The number of rotatable bonds is 6. The zero-order valence-corrected chi connectivity index (χ0v) is 15.1. The molecule has 26 heavy (non-hydrogen) atoms. The van der Waals surface area contributed by atoms with Crippen LogP contribution in [0.1, 0.15) is 18.2 Å². The van der Waals surface area contributed by atoms with Gasteiger partial charge in [-0.05, 0) is 30.5 Å². The zero-order chi connectivity index (χ0) is 18.4. The molecule has 1 aliphatic rings. The average Bonchev–Trinajstić information content (AvgIpc) is 3.12. The quantitative estimate of drug-likeness (QED) is 0.602. The minimum absolute atomic E-state index is 0.0771. The lowest BCUT2D eigenvalue weighted by atomic mass is 10.2. The van der Waals surface area contributed by atoms with Crippen LogP contribution in [0, 0.1) is 0 Å². The fraction of sp³-hybridized carbons (Fsp3) is 0.278. The van der Waals surface area contributed by atoms with Crippen LogP contribution in [0.5, 0.6) is 11.5 Å². The molecule has 2 aromatic rings. The van der Waals surface area contributed by atoms with Crippen LogP contribution in [0.2, 0.25) is 0 Å². The van der Waals surface area contributed by atoms with Crippen molar-refractivity contribution in [1.29, 1.82) is 0 Å². The first-order valence-electron chi connectivity index (χ1n) is 8.14. The number of carbonyl (C=O) groups is 2. The van der Waals surface area contributed by atoms with E-state index >= 15 is 0 Å². The summed E-state index contributed by atoms with van der Waals surface area (Å²) in [6.45, 7) is 2.70. The van der Waals surface area contributed by atoms with Gasteiger partial charge in [0, 0.05) is 22.3 Å². The molecule has 0 atom stereocenters. The summed E-state index contributed by atoms with van der Waals surface area (Å²) in [7, 11) is 0. The van der Waals surface area contributed by atoms with Crippen LogP contribution in [0.3, 0.4) is 0 Å². The molecule has 0 fully saturated rings. The number of hydrogen-bond acceptors (Lipinski definition) is 6. The molecule has 0 unspecified atom stereocenters. The van der Waals surface area contributed by atoms with Crippen molar-refractivity contribution in [1.82, 2.24) is 5.43 Å². The third-order valence-electron chi connectivity index (χ3n) is 3.53. The number of amides is 2. The summed E-state index contributed by atoms with van der Waals surface area (Å²) in [4.78, 5) is 24.9. The maximum Gasteiger partial charge on any atom is 0.245 e. The van der Waals surface area contributed by atoms with Gasteiger partial charge in [0.2, 0.25) is 11.8 Å². The first kappa shape index (κ1) is 17.9. The third-order valence-corrected chi connectivity index (χ3v) is 4.41. The van der Waals surface area contributed by atoms with Gasteiger partial charge in [0.15, 0.2) is 11.5 Å². The van der Waals surface area contributed by atoms with Crippen LogP contribution >= 0.6 is 11.3 Å². The molecule has 1 aliphatic heterocycles. The smallest absolute Gasteiger partial charge is 0.245 e. The van der Waals surface area contributed by atoms with Crippen molar-refractivity contribution in [3.63, 3.8) is 0 Å². The Morgan fingerprint density at radius 1 is 1.15 bits per heavy atom. The second-order valence-corrected chi connectivity index (χ2v) is 6.75. The van der Waals surface area contributed by atoms with E-state index in [0.29, 0.717) is 36.1 Å². The minimum Gasteiger partial charge on any atom is -0.486 e. The molecule has 0 aliphatic carbocycles. The van der Waals surface area contributed by atoms with Gasteiger partial charge in [-0.25, -0.2) is 5.43 Å². The van der Waals surface area contributed by atoms with Crippen LogP contribution in [0.25, 0.3) is 0 Å². The summed E-state index contributed by atoms with van der Waals surface area (Å²) in [5, 5.41) is 8.67. The van der Waals surface area contributed by atoms with Gasteiger partial charge in [-0.1, -0.05) is 6.07 Å². The van der Waals surface area contributed by atoms with E-state index in [-0.39, 0.29) is 24.7 Å². The maximum absolute atomic E-state index is 12.1. The average molecular weight is 373 g/mol. The Hall–Kier alpha value is -2.87. The van der Waals surface area contributed by atoms with Crippen molar-refractivity contribution in [2.75, 3.05) is 18.5 Å². The van der Waals surface area contributed by atoms with E-state index in [0.717, 1.165) is 4.88 Å². The molecule has 1 aromatic carbocycles. The maximum atomic E-state index is 12.1. The number of nitrogens with zero attached hydrogens (tertiary/aromatic N) is 1. The van der Waals surface area contributed by atoms with E-state index in [1.807, 2.05) is 17.5 Å². The lowest BCUT2D eigenvalue weighted by Gasteiger charge is -2.19. The number of carbonyl (C=O) groups excluding carboxylic acids is 2. The number of fused-ring (bicyclic) bond motifs is 1. The molecule has 0 radical (unpaired) electrons. The number of hydrogen-bond donors (Lipinski definition) is 2. The fourth-order valence-corrected chi connectivity index (χ4v) is 3.07. The predicted molar refractivity (Wildman–Crippen MR) is 100.0 cm³/mol. The van der Waals surface area contributed by atoms with E-state index in [1.54, 1.807) is 25.1 Å². The molecule has 2 amide bonds. The standard InChI is InChI=1S/C18H19N3O4S/c1-12(20-21-18(23)11-14-3-2-8-26-14)9-17(22)19-13-4-5-15-16(10-13)25-7-6-24-15/h2-5,8,10H,6-7,9,11H2,1H3,(H,19,22)(H,21,23)/b20-12-. The molecular weight excluding hydrogens is 354 g/mol. The molecule has 0 bridgehead atoms. The Kier molecular flexibility index (Phi) is 5.85. The summed E-state index contributed by atoms with van der Waals surface area (Å²) in [6, 6.07) is 9.02. The molecule has 0 saturated carbocycles. The van der Waals surface area contributed by atoms with Crippen molar-refractivity contribution in [3.8, 4) is 11.5 Å². The second-order valence-electron chi connectivity index (χ2n) is 5.72. The van der Waals surface area contributed by atoms with Gasteiger partial charge in [0.25, 0.3) is 0 Å². The van der Waals surface area contributed by atoms with Crippen molar-refractivity contribution in [3.05, 3.63) is 40.6 Å². The Morgan fingerprint density at radius 2 is 1.96 bits per heavy atom. The molecule has 7 nitrogen and oxygen atoms in total. The highest BCUT2D eigenvalue weighted by molar-refractivity contribution is 7.10. The predicted octanol–water partition coefficient (Wildman–Crippen LogP) is 2.58. The van der Waals surface area contributed by atoms with Crippen LogP contribution in [0.4, 0.5) is 5.69 Å². The van der Waals surface area contributed by atoms with E-state index in [1.165, 1.54) is 11.3 Å². The lowest BCUT2D eigenvalue weighted by molar-refractivity contribution is -0.120. The lowest BCUT2D eigenvalue weighted by Crippen LogP contribution is -2.22. The van der Waals surface area contributed by atoms with Gasteiger partial charge in [0.05, 0.1) is 12.8 Å².